The number of nitrogens with one attached hydrogen (secondary N) is 1. The second kappa shape index (κ2) is 8.02. The molecular weight excluding hydrogens is 266 g/mol. The Bertz CT molecular complexity index is 423. The predicted octanol–water partition coefficient (Wildman–Crippen LogP) is 2.52. The Morgan fingerprint density at radius 1 is 1.53 bits per heavy atom. The van der Waals surface area contributed by atoms with Gasteiger partial charge in [-0.1, -0.05) is 31.0 Å². The zero-order valence-electron chi connectivity index (χ0n) is 11.3. The van der Waals surface area contributed by atoms with E-state index in [0.717, 1.165) is 12.8 Å². The van der Waals surface area contributed by atoms with Crippen molar-refractivity contribution in [1.82, 2.24) is 5.32 Å². The van der Waals surface area contributed by atoms with Gasteiger partial charge in [0.2, 0.25) is 0 Å². The summed E-state index contributed by atoms with van der Waals surface area (Å²) in [6.07, 6.45) is 1.38. The Morgan fingerprint density at radius 2 is 2.26 bits per heavy atom. The number of amides is 1. The number of aliphatic hydroxyl groups is 1. The van der Waals surface area contributed by atoms with Crippen molar-refractivity contribution in [3.05, 3.63) is 28.8 Å². The van der Waals surface area contributed by atoms with Crippen molar-refractivity contribution in [1.29, 1.82) is 0 Å². The van der Waals surface area contributed by atoms with Gasteiger partial charge in [-0.05, 0) is 31.0 Å². The maximum atomic E-state index is 11.7. The summed E-state index contributed by atoms with van der Waals surface area (Å²) in [5.41, 5.74) is 0.706. The molecule has 1 atom stereocenters. The van der Waals surface area contributed by atoms with E-state index in [2.05, 4.69) is 12.2 Å². The van der Waals surface area contributed by atoms with E-state index in [1.807, 2.05) is 0 Å². The van der Waals surface area contributed by atoms with Gasteiger partial charge in [-0.25, -0.2) is 0 Å². The monoisotopic (exact) mass is 285 g/mol. The van der Waals surface area contributed by atoms with Crippen LogP contribution in [0.2, 0.25) is 5.02 Å². The summed E-state index contributed by atoms with van der Waals surface area (Å²) in [5, 5.41) is 12.2. The molecule has 0 spiro atoms. The first kappa shape index (κ1) is 15.8. The third kappa shape index (κ3) is 5.09. The highest BCUT2D eigenvalue weighted by molar-refractivity contribution is 6.32. The van der Waals surface area contributed by atoms with E-state index in [9.17, 15) is 4.79 Å². The number of halogens is 1. The number of unbranched alkanes of at least 4 members (excludes halogenated alkanes) is 1. The molecule has 5 heteroatoms. The second-order valence-electron chi connectivity index (χ2n) is 4.33. The summed E-state index contributed by atoms with van der Waals surface area (Å²) in [6, 6.07) is 4.99. The first-order chi connectivity index (χ1) is 9.08. The van der Waals surface area contributed by atoms with Gasteiger partial charge < -0.3 is 15.2 Å². The summed E-state index contributed by atoms with van der Waals surface area (Å²) >= 11 is 6.02. The molecule has 0 aromatic heterocycles. The molecule has 4 nitrogen and oxygen atoms in total. The van der Waals surface area contributed by atoms with Crippen LogP contribution in [0.1, 0.15) is 32.3 Å². The number of carbonyl (C=O) groups is 1. The normalized spacial score (nSPS) is 12.0. The summed E-state index contributed by atoms with van der Waals surface area (Å²) in [7, 11) is 0. The van der Waals surface area contributed by atoms with Crippen LogP contribution >= 0.6 is 11.6 Å². The van der Waals surface area contributed by atoms with Gasteiger partial charge in [-0.2, -0.15) is 0 Å². The quantitative estimate of drug-likeness (QED) is 0.757. The Morgan fingerprint density at radius 3 is 2.84 bits per heavy atom. The summed E-state index contributed by atoms with van der Waals surface area (Å²) in [4.78, 5) is 11.7. The highest BCUT2D eigenvalue weighted by atomic mass is 35.5. The smallest absolute Gasteiger partial charge is 0.260 e. The van der Waals surface area contributed by atoms with Crippen LogP contribution in [0.15, 0.2) is 18.2 Å². The van der Waals surface area contributed by atoms with Crippen LogP contribution in [0.25, 0.3) is 0 Å². The average molecular weight is 286 g/mol. The number of hydrogen-bond donors (Lipinski definition) is 2. The fourth-order valence-corrected chi connectivity index (χ4v) is 1.76. The van der Waals surface area contributed by atoms with E-state index in [0.29, 0.717) is 22.9 Å². The lowest BCUT2D eigenvalue weighted by atomic mass is 10.2. The number of carbonyl (C=O) groups excluding carboxylic acids is 1. The van der Waals surface area contributed by atoms with Gasteiger partial charge in [0, 0.05) is 6.54 Å². The van der Waals surface area contributed by atoms with Crippen molar-refractivity contribution < 1.29 is 14.6 Å². The highest BCUT2D eigenvalue weighted by Crippen LogP contribution is 2.26. The van der Waals surface area contributed by atoms with Crippen molar-refractivity contribution in [3.8, 4) is 5.75 Å². The van der Waals surface area contributed by atoms with Gasteiger partial charge in [0.25, 0.3) is 5.91 Å². The van der Waals surface area contributed by atoms with Gasteiger partial charge in [0.1, 0.15) is 5.75 Å². The van der Waals surface area contributed by atoms with E-state index in [-0.39, 0.29) is 12.5 Å². The Hall–Kier alpha value is -1.26. The number of hydrogen-bond acceptors (Lipinski definition) is 3. The third-order valence-corrected chi connectivity index (χ3v) is 2.98. The molecule has 19 heavy (non-hydrogen) atoms. The van der Waals surface area contributed by atoms with Gasteiger partial charge in [0.05, 0.1) is 11.6 Å². The fraction of sp³-hybridized carbons (Fsp3) is 0.500. The van der Waals surface area contributed by atoms with E-state index in [1.54, 1.807) is 25.1 Å². The van der Waals surface area contributed by atoms with E-state index in [4.69, 9.17) is 21.4 Å². The van der Waals surface area contributed by atoms with Crippen LogP contribution in [0.3, 0.4) is 0 Å². The van der Waals surface area contributed by atoms with Crippen LogP contribution in [0, 0.1) is 0 Å². The van der Waals surface area contributed by atoms with E-state index >= 15 is 0 Å². The summed E-state index contributed by atoms with van der Waals surface area (Å²) in [6.45, 7) is 4.32. The number of aliphatic hydroxyl groups excluding tert-OH is 1. The molecule has 1 amide bonds. The van der Waals surface area contributed by atoms with Gasteiger partial charge in [0.15, 0.2) is 6.10 Å². The van der Waals surface area contributed by atoms with Crippen LogP contribution in [-0.4, -0.2) is 23.7 Å². The van der Waals surface area contributed by atoms with Gasteiger partial charge in [-0.3, -0.25) is 4.79 Å². The molecule has 2 N–H and O–H groups in total. The lowest BCUT2D eigenvalue weighted by Crippen LogP contribution is -2.36. The van der Waals surface area contributed by atoms with Crippen LogP contribution in [0.4, 0.5) is 0 Å². The summed E-state index contributed by atoms with van der Waals surface area (Å²) in [5.74, 6) is 0.285. The van der Waals surface area contributed by atoms with E-state index < -0.39 is 6.10 Å². The molecule has 0 saturated heterocycles. The number of benzene rings is 1. The van der Waals surface area contributed by atoms with Gasteiger partial charge >= 0.3 is 0 Å². The molecule has 1 rings (SSSR count). The lowest BCUT2D eigenvalue weighted by molar-refractivity contribution is -0.127. The molecular formula is C14H20ClNO3. The van der Waals surface area contributed by atoms with Crippen LogP contribution in [-0.2, 0) is 11.4 Å². The molecule has 1 aromatic rings. The maximum Gasteiger partial charge on any atom is 0.260 e. The standard InChI is InChI=1S/C14H20ClNO3/c1-3-4-7-16-14(18)10(2)19-13-6-5-11(9-17)8-12(13)15/h5-6,8,10,17H,3-4,7,9H2,1-2H3,(H,16,18). The number of ether oxygens (including phenoxy) is 1. The lowest BCUT2D eigenvalue weighted by Gasteiger charge is -2.15. The molecule has 0 aliphatic heterocycles. The third-order valence-electron chi connectivity index (χ3n) is 2.68. The summed E-state index contributed by atoms with van der Waals surface area (Å²) < 4.78 is 5.51. The van der Waals surface area contributed by atoms with E-state index in [1.165, 1.54) is 0 Å². The molecule has 0 saturated carbocycles. The van der Waals surface area contributed by atoms with Crippen LogP contribution < -0.4 is 10.1 Å². The zero-order chi connectivity index (χ0) is 14.3. The molecule has 1 aromatic carbocycles. The molecule has 106 valence electrons. The van der Waals surface area contributed by atoms with Crippen LogP contribution in [0.5, 0.6) is 5.75 Å². The molecule has 1 unspecified atom stereocenters. The Kier molecular flexibility index (Phi) is 6.67. The van der Waals surface area contributed by atoms with Gasteiger partial charge in [-0.15, -0.1) is 0 Å². The minimum Gasteiger partial charge on any atom is -0.479 e. The molecule has 0 fully saturated rings. The molecule has 0 aliphatic rings. The minimum absolute atomic E-state index is 0.0763. The van der Waals surface area contributed by atoms with Crippen molar-refractivity contribution in [3.63, 3.8) is 0 Å². The molecule has 0 radical (unpaired) electrons. The Labute approximate surface area is 118 Å². The van der Waals surface area contributed by atoms with Crippen molar-refractivity contribution in [2.45, 2.75) is 39.4 Å². The van der Waals surface area contributed by atoms with Crippen molar-refractivity contribution in [2.24, 2.45) is 0 Å². The largest absolute Gasteiger partial charge is 0.479 e. The first-order valence-electron chi connectivity index (χ1n) is 6.42. The predicted molar refractivity (Wildman–Crippen MR) is 75.4 cm³/mol. The SMILES string of the molecule is CCCCNC(=O)C(C)Oc1ccc(CO)cc1Cl. The van der Waals surface area contributed by atoms with Crippen molar-refractivity contribution >= 4 is 17.5 Å². The highest BCUT2D eigenvalue weighted by Gasteiger charge is 2.15. The first-order valence-corrected chi connectivity index (χ1v) is 6.80. The molecule has 0 heterocycles. The molecule has 0 aliphatic carbocycles. The zero-order valence-corrected chi connectivity index (χ0v) is 12.0. The average Bonchev–Trinajstić information content (AvgIpc) is 2.41. The maximum absolute atomic E-state index is 11.7. The fourth-order valence-electron chi connectivity index (χ4n) is 1.51. The van der Waals surface area contributed by atoms with Crippen molar-refractivity contribution in [2.75, 3.05) is 6.54 Å². The molecule has 0 bridgehead atoms. The second-order valence-corrected chi connectivity index (χ2v) is 4.73. The Balaban J connectivity index is 2.56. The minimum atomic E-state index is -0.602. The number of rotatable bonds is 7. The topological polar surface area (TPSA) is 58.6 Å².